The predicted octanol–water partition coefficient (Wildman–Crippen LogP) is 3.48. The monoisotopic (exact) mass is 345 g/mol. The van der Waals surface area contributed by atoms with E-state index in [4.69, 9.17) is 4.42 Å². The Bertz CT molecular complexity index is 1040. The normalized spacial score (nSPS) is 10.7. The van der Waals surface area contributed by atoms with Crippen molar-refractivity contribution >= 4 is 11.6 Å². The molecule has 1 N–H and O–H groups in total. The summed E-state index contributed by atoms with van der Waals surface area (Å²) in [5.74, 6) is 0.860. The molecule has 7 nitrogen and oxygen atoms in total. The van der Waals surface area contributed by atoms with Gasteiger partial charge in [0.1, 0.15) is 6.26 Å². The molecule has 0 fully saturated rings. The molecule has 4 aromatic rings. The zero-order valence-electron chi connectivity index (χ0n) is 14.0. The largest absolute Gasteiger partial charge is 0.445 e. The number of pyridine rings is 1. The van der Waals surface area contributed by atoms with Gasteiger partial charge < -0.3 is 9.73 Å². The molecule has 128 valence electrons. The number of oxazole rings is 1. The third-order valence-electron chi connectivity index (χ3n) is 3.90. The van der Waals surface area contributed by atoms with Gasteiger partial charge >= 0.3 is 0 Å². The number of nitrogens with one attached hydrogen (secondary N) is 1. The number of carbonyl (C=O) groups is 1. The average Bonchev–Trinajstić information content (AvgIpc) is 3.37. The molecule has 0 aliphatic rings. The summed E-state index contributed by atoms with van der Waals surface area (Å²) in [7, 11) is 0. The molecule has 1 amide bonds. The Morgan fingerprint density at radius 2 is 2.04 bits per heavy atom. The van der Waals surface area contributed by atoms with E-state index in [2.05, 4.69) is 20.4 Å². The second-order valence-corrected chi connectivity index (χ2v) is 5.67. The lowest BCUT2D eigenvalue weighted by Gasteiger charge is -2.09. The van der Waals surface area contributed by atoms with Gasteiger partial charge in [0, 0.05) is 35.4 Å². The van der Waals surface area contributed by atoms with E-state index in [9.17, 15) is 4.79 Å². The van der Waals surface area contributed by atoms with Crippen LogP contribution in [0.1, 0.15) is 15.9 Å². The maximum Gasteiger partial charge on any atom is 0.255 e. The molecule has 0 radical (unpaired) electrons. The van der Waals surface area contributed by atoms with Crippen LogP contribution < -0.4 is 5.32 Å². The van der Waals surface area contributed by atoms with E-state index < -0.39 is 0 Å². The van der Waals surface area contributed by atoms with E-state index in [0.717, 1.165) is 11.1 Å². The Morgan fingerprint density at radius 3 is 2.81 bits per heavy atom. The van der Waals surface area contributed by atoms with Crippen LogP contribution in [-0.2, 0) is 0 Å². The van der Waals surface area contributed by atoms with Gasteiger partial charge in [0.25, 0.3) is 5.91 Å². The minimum atomic E-state index is -0.233. The summed E-state index contributed by atoms with van der Waals surface area (Å²) in [5.41, 5.74) is 2.99. The Labute approximate surface area is 149 Å². The third-order valence-corrected chi connectivity index (χ3v) is 3.90. The quantitative estimate of drug-likeness (QED) is 0.612. The third kappa shape index (κ3) is 3.10. The highest BCUT2D eigenvalue weighted by atomic mass is 16.3. The summed E-state index contributed by atoms with van der Waals surface area (Å²) in [6, 6.07) is 10.7. The highest BCUT2D eigenvalue weighted by Crippen LogP contribution is 2.25. The second-order valence-electron chi connectivity index (χ2n) is 5.67. The van der Waals surface area contributed by atoms with E-state index in [-0.39, 0.29) is 5.91 Å². The summed E-state index contributed by atoms with van der Waals surface area (Å²) in [6.45, 7) is 1.96. The standard InChI is InChI=1S/C19H15N5O2/c1-13-3-4-15(12-16(13)19-21-8-10-26-19)23-18(25)14-5-7-20-17(11-14)24-9-2-6-22-24/h2-12H,1H3,(H,23,25). The first-order valence-electron chi connectivity index (χ1n) is 7.98. The van der Waals surface area contributed by atoms with Crippen molar-refractivity contribution in [3.63, 3.8) is 0 Å². The van der Waals surface area contributed by atoms with E-state index >= 15 is 0 Å². The molecule has 3 aromatic heterocycles. The highest BCUT2D eigenvalue weighted by molar-refractivity contribution is 6.04. The number of carbonyl (C=O) groups excluding carboxylic acids is 1. The van der Waals surface area contributed by atoms with Crippen molar-refractivity contribution in [1.29, 1.82) is 0 Å². The fourth-order valence-electron chi connectivity index (χ4n) is 2.58. The Balaban J connectivity index is 1.59. The molecule has 7 heteroatoms. The van der Waals surface area contributed by atoms with Crippen LogP contribution in [0, 0.1) is 6.92 Å². The molecule has 0 unspecified atom stereocenters. The fourth-order valence-corrected chi connectivity index (χ4v) is 2.58. The maximum absolute atomic E-state index is 12.6. The Hall–Kier alpha value is -3.74. The predicted molar refractivity (Wildman–Crippen MR) is 96.0 cm³/mol. The molecule has 0 saturated heterocycles. The number of benzene rings is 1. The van der Waals surface area contributed by atoms with E-state index in [0.29, 0.717) is 23.0 Å². The second kappa shape index (κ2) is 6.64. The number of amides is 1. The number of aromatic nitrogens is 4. The number of aryl methyl sites for hydroxylation is 1. The lowest BCUT2D eigenvalue weighted by molar-refractivity contribution is 0.102. The lowest BCUT2D eigenvalue weighted by atomic mass is 10.1. The van der Waals surface area contributed by atoms with Gasteiger partial charge in [-0.2, -0.15) is 5.10 Å². The van der Waals surface area contributed by atoms with Crippen molar-refractivity contribution in [3.8, 4) is 17.3 Å². The van der Waals surface area contributed by atoms with Crippen LogP contribution in [0.2, 0.25) is 0 Å². The van der Waals surface area contributed by atoms with Crippen molar-refractivity contribution in [2.45, 2.75) is 6.92 Å². The summed E-state index contributed by atoms with van der Waals surface area (Å²) < 4.78 is 6.96. The maximum atomic E-state index is 12.6. The minimum absolute atomic E-state index is 0.233. The molecular formula is C19H15N5O2. The molecule has 0 saturated carbocycles. The first-order chi connectivity index (χ1) is 12.7. The summed E-state index contributed by atoms with van der Waals surface area (Å²) in [4.78, 5) is 21.0. The van der Waals surface area contributed by atoms with Crippen LogP contribution in [0.4, 0.5) is 5.69 Å². The molecule has 0 spiro atoms. The molecule has 3 heterocycles. The number of anilines is 1. The van der Waals surface area contributed by atoms with Crippen molar-refractivity contribution < 1.29 is 9.21 Å². The fraction of sp³-hybridized carbons (Fsp3) is 0.0526. The van der Waals surface area contributed by atoms with Crippen LogP contribution in [0.5, 0.6) is 0 Å². The zero-order valence-corrected chi connectivity index (χ0v) is 14.0. The van der Waals surface area contributed by atoms with Crippen LogP contribution >= 0.6 is 0 Å². The number of rotatable bonds is 4. The molecule has 0 aliphatic heterocycles. The van der Waals surface area contributed by atoms with Crippen LogP contribution in [-0.4, -0.2) is 25.7 Å². The summed E-state index contributed by atoms with van der Waals surface area (Å²) >= 11 is 0. The molecule has 0 atom stereocenters. The van der Waals surface area contributed by atoms with Crippen LogP contribution in [0.15, 0.2) is 71.9 Å². The highest BCUT2D eigenvalue weighted by Gasteiger charge is 2.12. The van der Waals surface area contributed by atoms with Crippen LogP contribution in [0.3, 0.4) is 0 Å². The van der Waals surface area contributed by atoms with E-state index in [1.165, 1.54) is 6.26 Å². The van der Waals surface area contributed by atoms with Gasteiger partial charge in [-0.1, -0.05) is 6.07 Å². The van der Waals surface area contributed by atoms with Gasteiger partial charge in [0.05, 0.1) is 6.20 Å². The number of hydrogen-bond donors (Lipinski definition) is 1. The molecule has 1 aromatic carbocycles. The zero-order chi connectivity index (χ0) is 17.9. The van der Waals surface area contributed by atoms with Crippen LogP contribution in [0.25, 0.3) is 17.3 Å². The Kier molecular flexibility index (Phi) is 4.03. The van der Waals surface area contributed by atoms with Gasteiger partial charge in [-0.3, -0.25) is 4.79 Å². The number of hydrogen-bond acceptors (Lipinski definition) is 5. The molecule has 0 bridgehead atoms. The molecule has 26 heavy (non-hydrogen) atoms. The molecule has 0 aliphatic carbocycles. The van der Waals surface area contributed by atoms with Gasteiger partial charge in [-0.25, -0.2) is 14.6 Å². The summed E-state index contributed by atoms with van der Waals surface area (Å²) in [6.07, 6.45) is 8.12. The number of nitrogens with zero attached hydrogens (tertiary/aromatic N) is 4. The SMILES string of the molecule is Cc1ccc(NC(=O)c2ccnc(-n3cccn3)c2)cc1-c1ncco1. The van der Waals surface area contributed by atoms with Gasteiger partial charge in [-0.15, -0.1) is 0 Å². The lowest BCUT2D eigenvalue weighted by Crippen LogP contribution is -2.13. The van der Waals surface area contributed by atoms with Gasteiger partial charge in [-0.05, 0) is 42.8 Å². The first kappa shape index (κ1) is 15.8. The topological polar surface area (TPSA) is 85.8 Å². The minimum Gasteiger partial charge on any atom is -0.445 e. The Morgan fingerprint density at radius 1 is 1.12 bits per heavy atom. The van der Waals surface area contributed by atoms with Crippen molar-refractivity contribution in [2.24, 2.45) is 0 Å². The van der Waals surface area contributed by atoms with E-state index in [1.54, 1.807) is 47.7 Å². The summed E-state index contributed by atoms with van der Waals surface area (Å²) in [5, 5.41) is 7.02. The molecular weight excluding hydrogens is 330 g/mol. The average molecular weight is 345 g/mol. The van der Waals surface area contributed by atoms with Gasteiger partial charge in [0.15, 0.2) is 5.82 Å². The van der Waals surface area contributed by atoms with Gasteiger partial charge in [0.2, 0.25) is 5.89 Å². The van der Waals surface area contributed by atoms with Crippen molar-refractivity contribution in [3.05, 3.63) is 78.6 Å². The smallest absolute Gasteiger partial charge is 0.255 e. The van der Waals surface area contributed by atoms with Crippen molar-refractivity contribution in [2.75, 3.05) is 5.32 Å². The molecule has 4 rings (SSSR count). The van der Waals surface area contributed by atoms with Crippen molar-refractivity contribution in [1.82, 2.24) is 19.7 Å². The van der Waals surface area contributed by atoms with E-state index in [1.807, 2.05) is 25.1 Å². The first-order valence-corrected chi connectivity index (χ1v) is 7.98.